The zero-order valence-corrected chi connectivity index (χ0v) is 17.8. The molecule has 1 saturated heterocycles. The number of carbonyl (C=O) groups excluding carboxylic acids is 2. The highest BCUT2D eigenvalue weighted by Gasteiger charge is 2.41. The second-order valence-electron chi connectivity index (χ2n) is 7.87. The quantitative estimate of drug-likeness (QED) is 0.729. The van der Waals surface area contributed by atoms with Crippen molar-refractivity contribution < 1.29 is 14.0 Å². The van der Waals surface area contributed by atoms with Crippen molar-refractivity contribution in [1.29, 1.82) is 0 Å². The van der Waals surface area contributed by atoms with Crippen LogP contribution in [0.15, 0.2) is 48.5 Å². The first-order valence-electron chi connectivity index (χ1n) is 9.86. The van der Waals surface area contributed by atoms with Crippen LogP contribution in [0.5, 0.6) is 0 Å². The van der Waals surface area contributed by atoms with Gasteiger partial charge in [-0.15, -0.1) is 11.8 Å². The number of carbonyl (C=O) groups is 2. The monoisotopic (exact) mass is 414 g/mol. The van der Waals surface area contributed by atoms with Crippen molar-refractivity contribution in [1.82, 2.24) is 10.2 Å². The molecule has 1 N–H and O–H groups in total. The first-order chi connectivity index (χ1) is 13.8. The predicted molar refractivity (Wildman–Crippen MR) is 115 cm³/mol. The van der Waals surface area contributed by atoms with Gasteiger partial charge in [0.05, 0.1) is 5.75 Å². The number of hydrogen-bond acceptors (Lipinski definition) is 3. The average Bonchev–Trinajstić information content (AvgIpc) is 3.06. The zero-order valence-electron chi connectivity index (χ0n) is 17.0. The third-order valence-corrected chi connectivity index (χ3v) is 6.17. The summed E-state index contributed by atoms with van der Waals surface area (Å²) in [5, 5.41) is 2.78. The third-order valence-electron chi connectivity index (χ3n) is 4.95. The lowest BCUT2D eigenvalue weighted by molar-refractivity contribution is -0.139. The summed E-state index contributed by atoms with van der Waals surface area (Å²) in [6.07, 6.45) is 0.587. The minimum absolute atomic E-state index is 0.0101. The maximum Gasteiger partial charge on any atom is 0.243 e. The first kappa shape index (κ1) is 21.4. The second-order valence-corrected chi connectivity index (χ2v) is 8.94. The second kappa shape index (κ2) is 9.44. The van der Waals surface area contributed by atoms with Gasteiger partial charge in [-0.25, -0.2) is 4.39 Å². The van der Waals surface area contributed by atoms with Gasteiger partial charge in [0.2, 0.25) is 11.8 Å². The molecule has 3 rings (SSSR count). The molecule has 0 bridgehead atoms. The largest absolute Gasteiger partial charge is 0.350 e. The number of thioether (sulfide) groups is 1. The van der Waals surface area contributed by atoms with Crippen molar-refractivity contribution in [3.05, 3.63) is 71.0 Å². The summed E-state index contributed by atoms with van der Waals surface area (Å²) in [7, 11) is 0. The van der Waals surface area contributed by atoms with E-state index in [1.807, 2.05) is 25.1 Å². The van der Waals surface area contributed by atoms with Crippen LogP contribution in [0.2, 0.25) is 0 Å². The molecule has 2 aromatic carbocycles. The molecule has 2 aromatic rings. The van der Waals surface area contributed by atoms with Crippen LogP contribution < -0.4 is 5.32 Å². The molecule has 1 aliphatic rings. The summed E-state index contributed by atoms with van der Waals surface area (Å²) in [6.45, 7) is 6.43. The predicted octanol–water partition coefficient (Wildman–Crippen LogP) is 4.44. The van der Waals surface area contributed by atoms with E-state index in [0.29, 0.717) is 18.7 Å². The van der Waals surface area contributed by atoms with Crippen molar-refractivity contribution in [3.8, 4) is 0 Å². The average molecular weight is 415 g/mol. The molecule has 1 heterocycles. The number of rotatable bonds is 7. The molecule has 2 atom stereocenters. The van der Waals surface area contributed by atoms with Gasteiger partial charge in [0.25, 0.3) is 0 Å². The normalized spacial score (nSPS) is 17.6. The Kier molecular flexibility index (Phi) is 6.96. The molecular formula is C23H27FN2O2S. The summed E-state index contributed by atoms with van der Waals surface area (Å²) in [5.41, 5.74) is 2.99. The molecule has 0 aliphatic carbocycles. The van der Waals surface area contributed by atoms with Crippen LogP contribution >= 0.6 is 11.8 Å². The maximum absolute atomic E-state index is 13.1. The third kappa shape index (κ3) is 5.38. The lowest BCUT2D eigenvalue weighted by Crippen LogP contribution is -2.49. The van der Waals surface area contributed by atoms with Gasteiger partial charge in [-0.05, 0) is 42.5 Å². The number of aryl methyl sites for hydroxylation is 1. The Morgan fingerprint density at radius 3 is 2.62 bits per heavy atom. The topological polar surface area (TPSA) is 49.4 Å². The molecule has 2 amide bonds. The molecule has 0 spiro atoms. The molecule has 29 heavy (non-hydrogen) atoms. The Morgan fingerprint density at radius 1 is 1.24 bits per heavy atom. The van der Waals surface area contributed by atoms with E-state index in [9.17, 15) is 14.0 Å². The minimum Gasteiger partial charge on any atom is -0.350 e. The van der Waals surface area contributed by atoms with Gasteiger partial charge in [0, 0.05) is 6.54 Å². The fourth-order valence-electron chi connectivity index (χ4n) is 3.56. The van der Waals surface area contributed by atoms with Crippen molar-refractivity contribution in [2.75, 3.05) is 5.75 Å². The highest BCUT2D eigenvalue weighted by molar-refractivity contribution is 8.00. The number of hydrogen-bond donors (Lipinski definition) is 1. The van der Waals surface area contributed by atoms with Gasteiger partial charge in [-0.2, -0.15) is 0 Å². The van der Waals surface area contributed by atoms with E-state index in [2.05, 4.69) is 25.2 Å². The number of halogens is 1. The fraction of sp³-hybridized carbons (Fsp3) is 0.391. The first-order valence-corrected chi connectivity index (χ1v) is 10.9. The van der Waals surface area contributed by atoms with E-state index < -0.39 is 6.04 Å². The number of amides is 2. The lowest BCUT2D eigenvalue weighted by Gasteiger charge is -2.33. The highest BCUT2D eigenvalue weighted by atomic mass is 32.2. The van der Waals surface area contributed by atoms with Gasteiger partial charge in [-0.1, -0.05) is 55.8 Å². The van der Waals surface area contributed by atoms with Crippen LogP contribution in [-0.4, -0.2) is 28.5 Å². The van der Waals surface area contributed by atoms with Gasteiger partial charge < -0.3 is 10.2 Å². The van der Waals surface area contributed by atoms with Crippen LogP contribution in [0.1, 0.15) is 42.3 Å². The van der Waals surface area contributed by atoms with Gasteiger partial charge in [-0.3, -0.25) is 9.59 Å². The van der Waals surface area contributed by atoms with E-state index in [0.717, 1.165) is 16.7 Å². The molecule has 1 fully saturated rings. The van der Waals surface area contributed by atoms with Crippen molar-refractivity contribution >= 4 is 23.6 Å². The van der Waals surface area contributed by atoms with Crippen molar-refractivity contribution in [2.45, 2.75) is 45.2 Å². The fourth-order valence-corrected chi connectivity index (χ4v) is 4.77. The molecule has 1 aliphatic heterocycles. The van der Waals surface area contributed by atoms with Crippen LogP contribution in [0.4, 0.5) is 4.39 Å². The molecule has 0 radical (unpaired) electrons. The standard InChI is InChI=1S/C23H27FN2O2S/c1-15(2)11-20(22(28)25-13-17-7-9-19(24)10-8-17)26-21(27)14-29-23(26)18-6-4-5-16(3)12-18/h4-10,12,15,20,23H,11,13-14H2,1-3H3,(H,25,28)/t20-,23-/m0/s1. The molecule has 154 valence electrons. The molecule has 0 unspecified atom stereocenters. The van der Waals surface area contributed by atoms with E-state index in [4.69, 9.17) is 0 Å². The summed E-state index contributed by atoms with van der Waals surface area (Å²) >= 11 is 1.56. The molecule has 0 saturated carbocycles. The van der Waals surface area contributed by atoms with Gasteiger partial charge in [0.15, 0.2) is 0 Å². The Balaban J connectivity index is 1.80. The Labute approximate surface area is 175 Å². The molecule has 0 aromatic heterocycles. The Morgan fingerprint density at radius 2 is 1.97 bits per heavy atom. The van der Waals surface area contributed by atoms with Crippen LogP contribution in [0.25, 0.3) is 0 Å². The van der Waals surface area contributed by atoms with E-state index >= 15 is 0 Å². The summed E-state index contributed by atoms with van der Waals surface area (Å²) in [6, 6.07) is 13.6. The maximum atomic E-state index is 13.1. The van der Waals surface area contributed by atoms with Gasteiger partial charge >= 0.3 is 0 Å². The SMILES string of the molecule is Cc1cccc([C@@H]2SCC(=O)N2[C@@H](CC(C)C)C(=O)NCc2ccc(F)cc2)c1. The highest BCUT2D eigenvalue weighted by Crippen LogP contribution is 2.41. The number of nitrogens with one attached hydrogen (secondary N) is 1. The van der Waals surface area contributed by atoms with E-state index in [1.54, 1.807) is 28.8 Å². The summed E-state index contributed by atoms with van der Waals surface area (Å²) in [4.78, 5) is 27.6. The van der Waals surface area contributed by atoms with E-state index in [-0.39, 0.29) is 28.9 Å². The van der Waals surface area contributed by atoms with Crippen LogP contribution in [0, 0.1) is 18.7 Å². The minimum atomic E-state index is -0.538. The van der Waals surface area contributed by atoms with Crippen molar-refractivity contribution in [2.24, 2.45) is 5.92 Å². The smallest absolute Gasteiger partial charge is 0.243 e. The van der Waals surface area contributed by atoms with Crippen LogP contribution in [0.3, 0.4) is 0 Å². The molecular weight excluding hydrogens is 387 g/mol. The van der Waals surface area contributed by atoms with Crippen molar-refractivity contribution in [3.63, 3.8) is 0 Å². The van der Waals surface area contributed by atoms with E-state index in [1.165, 1.54) is 12.1 Å². The molecule has 4 nitrogen and oxygen atoms in total. The summed E-state index contributed by atoms with van der Waals surface area (Å²) in [5.74, 6) is 0.144. The number of benzene rings is 2. The Bertz CT molecular complexity index is 869. The zero-order chi connectivity index (χ0) is 21.0. The Hall–Kier alpha value is -2.34. The molecule has 6 heteroatoms. The number of nitrogens with zero attached hydrogens (tertiary/aromatic N) is 1. The van der Waals surface area contributed by atoms with Gasteiger partial charge in [0.1, 0.15) is 17.2 Å². The summed E-state index contributed by atoms with van der Waals surface area (Å²) < 4.78 is 13.1. The lowest BCUT2D eigenvalue weighted by atomic mass is 10.00. The van der Waals surface area contributed by atoms with Crippen LogP contribution in [-0.2, 0) is 16.1 Å².